The normalized spacial score (nSPS) is 12.6. The Morgan fingerprint density at radius 1 is 1.40 bits per heavy atom. The van der Waals surface area contributed by atoms with Gasteiger partial charge in [0, 0.05) is 4.47 Å². The highest BCUT2D eigenvalue weighted by Gasteiger charge is 2.22. The van der Waals surface area contributed by atoms with Crippen LogP contribution in [0.4, 0.5) is 4.79 Å². The van der Waals surface area contributed by atoms with Gasteiger partial charge in [0.25, 0.3) is 0 Å². The molecule has 0 spiro atoms. The fourth-order valence-electron chi connectivity index (χ4n) is 1.60. The van der Waals surface area contributed by atoms with Gasteiger partial charge in [-0.3, -0.25) is 4.79 Å². The van der Waals surface area contributed by atoms with Crippen molar-refractivity contribution < 1.29 is 19.4 Å². The number of benzene rings is 1. The lowest BCUT2D eigenvalue weighted by Gasteiger charge is -2.23. The Morgan fingerprint density at radius 2 is 2.05 bits per heavy atom. The molecule has 110 valence electrons. The number of halogens is 1. The van der Waals surface area contributed by atoms with Gasteiger partial charge in [-0.15, -0.1) is 0 Å². The van der Waals surface area contributed by atoms with Crippen molar-refractivity contribution in [2.45, 2.75) is 38.8 Å². The average molecular weight is 344 g/mol. The molecule has 6 heteroatoms. The lowest BCUT2D eigenvalue weighted by atomic mass is 10.0. The monoisotopic (exact) mass is 343 g/mol. The van der Waals surface area contributed by atoms with E-state index in [1.165, 1.54) is 0 Å². The molecule has 0 saturated heterocycles. The van der Waals surface area contributed by atoms with Gasteiger partial charge in [-0.25, -0.2) is 4.79 Å². The number of carboxylic acids is 1. The zero-order valence-electron chi connectivity index (χ0n) is 11.6. The molecule has 1 rings (SSSR count). The summed E-state index contributed by atoms with van der Waals surface area (Å²) >= 11 is 3.32. The van der Waals surface area contributed by atoms with E-state index in [2.05, 4.69) is 21.2 Å². The molecule has 1 aromatic carbocycles. The van der Waals surface area contributed by atoms with E-state index >= 15 is 0 Å². The van der Waals surface area contributed by atoms with Crippen molar-refractivity contribution in [3.63, 3.8) is 0 Å². The molecule has 2 N–H and O–H groups in total. The summed E-state index contributed by atoms with van der Waals surface area (Å²) in [5.41, 5.74) is 0.0717. The summed E-state index contributed by atoms with van der Waals surface area (Å²) in [6.07, 6.45) is -0.848. The van der Waals surface area contributed by atoms with Crippen LogP contribution in [0, 0.1) is 0 Å². The van der Waals surface area contributed by atoms with Crippen LogP contribution in [-0.4, -0.2) is 22.8 Å². The van der Waals surface area contributed by atoms with Crippen molar-refractivity contribution in [1.29, 1.82) is 0 Å². The van der Waals surface area contributed by atoms with Crippen molar-refractivity contribution >= 4 is 28.0 Å². The molecule has 0 radical (unpaired) electrons. The zero-order chi connectivity index (χ0) is 15.3. The molecule has 0 unspecified atom stereocenters. The average Bonchev–Trinajstić information content (AvgIpc) is 2.24. The molecule has 0 heterocycles. The smallest absolute Gasteiger partial charge is 0.408 e. The number of amides is 1. The van der Waals surface area contributed by atoms with Crippen LogP contribution in [0.2, 0.25) is 0 Å². The van der Waals surface area contributed by atoms with Gasteiger partial charge < -0.3 is 15.2 Å². The van der Waals surface area contributed by atoms with Gasteiger partial charge >= 0.3 is 12.1 Å². The number of rotatable bonds is 4. The van der Waals surface area contributed by atoms with Crippen molar-refractivity contribution in [1.82, 2.24) is 5.32 Å². The standard InChI is InChI=1S/C14H18BrNO4/c1-14(2,3)20-13(19)16-11(8-12(17)18)9-5-4-6-10(15)7-9/h4-7,11H,8H2,1-3H3,(H,16,19)(H,17,18)/t11-/m1/s1. The second-order valence-corrected chi connectivity index (χ2v) is 6.27. The molecule has 0 saturated carbocycles. The summed E-state index contributed by atoms with van der Waals surface area (Å²) in [4.78, 5) is 22.7. The molecule has 0 bridgehead atoms. The number of nitrogens with one attached hydrogen (secondary N) is 1. The van der Waals surface area contributed by atoms with Crippen LogP contribution in [0.5, 0.6) is 0 Å². The molecule has 1 amide bonds. The molecule has 0 fully saturated rings. The van der Waals surface area contributed by atoms with Gasteiger partial charge in [0.1, 0.15) is 5.60 Å². The lowest BCUT2D eigenvalue weighted by Crippen LogP contribution is -2.35. The van der Waals surface area contributed by atoms with E-state index in [0.29, 0.717) is 5.56 Å². The van der Waals surface area contributed by atoms with Crippen LogP contribution < -0.4 is 5.32 Å². The summed E-state index contributed by atoms with van der Waals surface area (Å²) in [6, 6.07) is 6.50. The van der Waals surface area contributed by atoms with Crippen LogP contribution >= 0.6 is 15.9 Å². The van der Waals surface area contributed by atoms with Gasteiger partial charge in [-0.05, 0) is 38.5 Å². The third-order valence-electron chi connectivity index (χ3n) is 2.32. The maximum atomic E-state index is 11.8. The van der Waals surface area contributed by atoms with Crippen LogP contribution in [0.1, 0.15) is 38.8 Å². The number of hydrogen-bond acceptors (Lipinski definition) is 3. The minimum absolute atomic E-state index is 0.213. The Balaban J connectivity index is 2.85. The summed E-state index contributed by atoms with van der Waals surface area (Å²) in [5.74, 6) is -0.994. The Hall–Kier alpha value is -1.56. The van der Waals surface area contributed by atoms with Crippen LogP contribution in [0.25, 0.3) is 0 Å². The van der Waals surface area contributed by atoms with Gasteiger partial charge in [-0.1, -0.05) is 28.1 Å². The molecular weight excluding hydrogens is 326 g/mol. The quantitative estimate of drug-likeness (QED) is 0.877. The van der Waals surface area contributed by atoms with Crippen LogP contribution in [0.3, 0.4) is 0 Å². The summed E-state index contributed by atoms with van der Waals surface area (Å²) < 4.78 is 5.96. The Bertz CT molecular complexity index is 496. The number of hydrogen-bond donors (Lipinski definition) is 2. The topological polar surface area (TPSA) is 75.6 Å². The number of carbonyl (C=O) groups excluding carboxylic acids is 1. The number of ether oxygens (including phenoxy) is 1. The Morgan fingerprint density at radius 3 is 2.55 bits per heavy atom. The van der Waals surface area contributed by atoms with E-state index in [4.69, 9.17) is 9.84 Å². The fraction of sp³-hybridized carbons (Fsp3) is 0.429. The second-order valence-electron chi connectivity index (χ2n) is 5.35. The van der Waals surface area contributed by atoms with E-state index in [-0.39, 0.29) is 6.42 Å². The number of carbonyl (C=O) groups is 2. The molecule has 0 aliphatic rings. The summed E-state index contributed by atoms with van der Waals surface area (Å²) in [7, 11) is 0. The first-order chi connectivity index (χ1) is 9.17. The van der Waals surface area contributed by atoms with E-state index in [1.54, 1.807) is 39.0 Å². The highest BCUT2D eigenvalue weighted by Crippen LogP contribution is 2.21. The first kappa shape index (κ1) is 16.5. The highest BCUT2D eigenvalue weighted by molar-refractivity contribution is 9.10. The van der Waals surface area contributed by atoms with Gasteiger partial charge in [0.05, 0.1) is 12.5 Å². The fourth-order valence-corrected chi connectivity index (χ4v) is 2.02. The predicted molar refractivity (Wildman–Crippen MR) is 78.5 cm³/mol. The van der Waals surface area contributed by atoms with E-state index in [0.717, 1.165) is 4.47 Å². The number of aliphatic carboxylic acids is 1. The van der Waals surface area contributed by atoms with Gasteiger partial charge in [0.2, 0.25) is 0 Å². The minimum Gasteiger partial charge on any atom is -0.481 e. The third kappa shape index (κ3) is 6.06. The largest absolute Gasteiger partial charge is 0.481 e. The molecule has 1 aromatic rings. The second kappa shape index (κ2) is 6.74. The molecule has 20 heavy (non-hydrogen) atoms. The zero-order valence-corrected chi connectivity index (χ0v) is 13.2. The van der Waals surface area contributed by atoms with E-state index in [1.807, 2.05) is 6.07 Å². The third-order valence-corrected chi connectivity index (χ3v) is 2.81. The highest BCUT2D eigenvalue weighted by atomic mass is 79.9. The van der Waals surface area contributed by atoms with Crippen molar-refractivity contribution in [2.24, 2.45) is 0 Å². The molecular formula is C14H18BrNO4. The van der Waals surface area contributed by atoms with Crippen molar-refractivity contribution in [3.8, 4) is 0 Å². The first-order valence-corrected chi connectivity index (χ1v) is 6.93. The number of carboxylic acid groups (broad SMARTS) is 1. The summed E-state index contributed by atoms with van der Waals surface area (Å²) in [5, 5.41) is 11.5. The van der Waals surface area contributed by atoms with Gasteiger partial charge in [-0.2, -0.15) is 0 Å². The lowest BCUT2D eigenvalue weighted by molar-refractivity contribution is -0.137. The van der Waals surface area contributed by atoms with Gasteiger partial charge in [0.15, 0.2) is 0 Å². The maximum absolute atomic E-state index is 11.8. The Kier molecular flexibility index (Phi) is 5.56. The SMILES string of the molecule is CC(C)(C)OC(=O)N[C@H](CC(=O)O)c1cccc(Br)c1. The first-order valence-electron chi connectivity index (χ1n) is 6.14. The number of alkyl carbamates (subject to hydrolysis) is 1. The van der Waals surface area contributed by atoms with E-state index < -0.39 is 23.7 Å². The Labute approximate surface area is 126 Å². The van der Waals surface area contributed by atoms with Crippen molar-refractivity contribution in [3.05, 3.63) is 34.3 Å². The van der Waals surface area contributed by atoms with Crippen LogP contribution in [0.15, 0.2) is 28.7 Å². The molecule has 0 aliphatic heterocycles. The molecule has 0 aliphatic carbocycles. The summed E-state index contributed by atoms with van der Waals surface area (Å²) in [6.45, 7) is 5.24. The molecule has 5 nitrogen and oxygen atoms in total. The van der Waals surface area contributed by atoms with Crippen LogP contribution in [-0.2, 0) is 9.53 Å². The van der Waals surface area contributed by atoms with Crippen molar-refractivity contribution in [2.75, 3.05) is 0 Å². The van der Waals surface area contributed by atoms with E-state index in [9.17, 15) is 9.59 Å². The maximum Gasteiger partial charge on any atom is 0.408 e. The minimum atomic E-state index is -0.994. The predicted octanol–water partition coefficient (Wildman–Crippen LogP) is 3.49. The molecule has 0 aromatic heterocycles. The molecule has 1 atom stereocenters.